The smallest absolute Gasteiger partial charge is 0.254 e. The quantitative estimate of drug-likeness (QED) is 0.855. The van der Waals surface area contributed by atoms with E-state index in [1.165, 1.54) is 0 Å². The van der Waals surface area contributed by atoms with Crippen LogP contribution in [0.15, 0.2) is 24.3 Å². The highest BCUT2D eigenvalue weighted by atomic mass is 16.5. The molecule has 2 unspecified atom stereocenters. The number of morpholine rings is 1. The molecule has 2 atom stereocenters. The van der Waals surface area contributed by atoms with Crippen LogP contribution in [0.5, 0.6) is 0 Å². The molecule has 1 aliphatic heterocycles. The van der Waals surface area contributed by atoms with Crippen LogP contribution in [-0.2, 0) is 4.74 Å². The van der Waals surface area contributed by atoms with E-state index in [2.05, 4.69) is 0 Å². The summed E-state index contributed by atoms with van der Waals surface area (Å²) in [5, 5.41) is 0. The largest absolute Gasteiger partial charge is 0.370 e. The van der Waals surface area contributed by atoms with Crippen LogP contribution in [0, 0.1) is 6.92 Å². The first-order chi connectivity index (χ1) is 8.61. The van der Waals surface area contributed by atoms with E-state index in [4.69, 9.17) is 10.5 Å². The minimum absolute atomic E-state index is 0.0419. The topological polar surface area (TPSA) is 55.6 Å². The first-order valence-electron chi connectivity index (χ1n) is 6.32. The molecule has 0 bridgehead atoms. The number of rotatable bonds is 2. The minimum atomic E-state index is -0.0540. The fourth-order valence-corrected chi connectivity index (χ4v) is 2.32. The molecule has 0 aliphatic carbocycles. The van der Waals surface area contributed by atoms with Crippen LogP contribution in [-0.4, -0.2) is 42.6 Å². The van der Waals surface area contributed by atoms with E-state index in [9.17, 15) is 4.79 Å². The lowest BCUT2D eigenvalue weighted by Crippen LogP contribution is -2.51. The van der Waals surface area contributed by atoms with Crippen molar-refractivity contribution < 1.29 is 9.53 Å². The standard InChI is InChI=1S/C14H20N2O2/c1-10-5-3-4-6-13(10)14(17)16-8-11(2)18-12(7-15)9-16/h3-6,11-12H,7-9,15H2,1-2H3. The van der Waals surface area contributed by atoms with E-state index in [0.29, 0.717) is 19.6 Å². The molecule has 18 heavy (non-hydrogen) atoms. The Morgan fingerprint density at radius 2 is 2.17 bits per heavy atom. The number of aryl methyl sites for hydroxylation is 1. The van der Waals surface area contributed by atoms with Gasteiger partial charge in [0.15, 0.2) is 0 Å². The van der Waals surface area contributed by atoms with E-state index < -0.39 is 0 Å². The molecule has 1 fully saturated rings. The zero-order valence-corrected chi connectivity index (χ0v) is 10.9. The lowest BCUT2D eigenvalue weighted by molar-refractivity contribution is -0.0626. The molecule has 1 heterocycles. The molecule has 1 aromatic carbocycles. The number of hydrogen-bond donors (Lipinski definition) is 1. The number of nitrogens with two attached hydrogens (primary N) is 1. The van der Waals surface area contributed by atoms with Gasteiger partial charge in [0.25, 0.3) is 5.91 Å². The van der Waals surface area contributed by atoms with Crippen molar-refractivity contribution >= 4 is 5.91 Å². The Bertz CT molecular complexity index is 434. The SMILES string of the molecule is Cc1ccccc1C(=O)N1CC(C)OC(CN)C1. The van der Waals surface area contributed by atoms with E-state index in [1.807, 2.05) is 43.0 Å². The Morgan fingerprint density at radius 1 is 1.44 bits per heavy atom. The van der Waals surface area contributed by atoms with Gasteiger partial charge in [0.1, 0.15) is 0 Å². The molecule has 0 aromatic heterocycles. The molecule has 0 radical (unpaired) electrons. The Hall–Kier alpha value is -1.39. The van der Waals surface area contributed by atoms with Crippen LogP contribution in [0.4, 0.5) is 0 Å². The molecular formula is C14H20N2O2. The monoisotopic (exact) mass is 248 g/mol. The third kappa shape index (κ3) is 2.71. The van der Waals surface area contributed by atoms with Crippen molar-refractivity contribution in [1.29, 1.82) is 0 Å². The van der Waals surface area contributed by atoms with Gasteiger partial charge in [-0.2, -0.15) is 0 Å². The average Bonchev–Trinajstić information content (AvgIpc) is 2.37. The number of carbonyl (C=O) groups excluding carboxylic acids is 1. The van der Waals surface area contributed by atoms with Crippen molar-refractivity contribution in [3.63, 3.8) is 0 Å². The number of benzene rings is 1. The molecule has 2 rings (SSSR count). The molecule has 98 valence electrons. The van der Waals surface area contributed by atoms with Gasteiger partial charge in [-0.25, -0.2) is 0 Å². The van der Waals surface area contributed by atoms with Crippen molar-refractivity contribution in [2.45, 2.75) is 26.1 Å². The summed E-state index contributed by atoms with van der Waals surface area (Å²) in [5.74, 6) is 0.0710. The number of carbonyl (C=O) groups is 1. The molecule has 0 spiro atoms. The van der Waals surface area contributed by atoms with Gasteiger partial charge in [-0.15, -0.1) is 0 Å². The summed E-state index contributed by atoms with van der Waals surface area (Å²) in [7, 11) is 0. The van der Waals surface area contributed by atoms with Gasteiger partial charge in [-0.3, -0.25) is 4.79 Å². The minimum Gasteiger partial charge on any atom is -0.370 e. The predicted molar refractivity (Wildman–Crippen MR) is 70.5 cm³/mol. The highest BCUT2D eigenvalue weighted by Gasteiger charge is 2.28. The number of hydrogen-bond acceptors (Lipinski definition) is 3. The maximum absolute atomic E-state index is 12.5. The second kappa shape index (κ2) is 5.50. The van der Waals surface area contributed by atoms with Crippen LogP contribution >= 0.6 is 0 Å². The third-order valence-corrected chi connectivity index (χ3v) is 3.25. The summed E-state index contributed by atoms with van der Waals surface area (Å²) in [4.78, 5) is 14.3. The van der Waals surface area contributed by atoms with Gasteiger partial charge in [-0.05, 0) is 25.5 Å². The Balaban J connectivity index is 2.16. The van der Waals surface area contributed by atoms with Crippen LogP contribution in [0.25, 0.3) is 0 Å². The first-order valence-corrected chi connectivity index (χ1v) is 6.32. The number of ether oxygens (including phenoxy) is 1. The molecule has 0 saturated carbocycles. The molecule has 1 aromatic rings. The highest BCUT2D eigenvalue weighted by Crippen LogP contribution is 2.16. The van der Waals surface area contributed by atoms with Crippen molar-refractivity contribution in [2.24, 2.45) is 5.73 Å². The highest BCUT2D eigenvalue weighted by molar-refractivity contribution is 5.95. The van der Waals surface area contributed by atoms with Gasteiger partial charge < -0.3 is 15.4 Å². The van der Waals surface area contributed by atoms with Crippen LogP contribution < -0.4 is 5.73 Å². The summed E-state index contributed by atoms with van der Waals surface area (Å²) in [6.45, 7) is 5.58. The molecule has 4 heteroatoms. The van der Waals surface area contributed by atoms with Gasteiger partial charge >= 0.3 is 0 Å². The number of amides is 1. The molecular weight excluding hydrogens is 228 g/mol. The van der Waals surface area contributed by atoms with E-state index >= 15 is 0 Å². The lowest BCUT2D eigenvalue weighted by atomic mass is 10.1. The predicted octanol–water partition coefficient (Wildman–Crippen LogP) is 1.18. The number of nitrogens with zero attached hydrogens (tertiary/aromatic N) is 1. The maximum atomic E-state index is 12.5. The maximum Gasteiger partial charge on any atom is 0.254 e. The van der Waals surface area contributed by atoms with E-state index in [1.54, 1.807) is 0 Å². The molecule has 1 amide bonds. The van der Waals surface area contributed by atoms with Gasteiger partial charge in [0, 0.05) is 25.2 Å². The second-order valence-corrected chi connectivity index (χ2v) is 4.83. The lowest BCUT2D eigenvalue weighted by Gasteiger charge is -2.36. The van der Waals surface area contributed by atoms with E-state index in [0.717, 1.165) is 11.1 Å². The van der Waals surface area contributed by atoms with Crippen molar-refractivity contribution in [2.75, 3.05) is 19.6 Å². The molecule has 1 aliphatic rings. The zero-order valence-electron chi connectivity index (χ0n) is 10.9. The summed E-state index contributed by atoms with van der Waals surface area (Å²) < 4.78 is 5.66. The Kier molecular flexibility index (Phi) is 3.99. The fourth-order valence-electron chi connectivity index (χ4n) is 2.32. The van der Waals surface area contributed by atoms with Gasteiger partial charge in [0.05, 0.1) is 12.2 Å². The normalized spacial score (nSPS) is 24.1. The zero-order chi connectivity index (χ0) is 13.1. The van der Waals surface area contributed by atoms with Crippen molar-refractivity contribution in [3.05, 3.63) is 35.4 Å². The second-order valence-electron chi connectivity index (χ2n) is 4.83. The van der Waals surface area contributed by atoms with Crippen LogP contribution in [0.3, 0.4) is 0 Å². The summed E-state index contributed by atoms with van der Waals surface area (Å²) in [6.07, 6.45) is -0.0120. The van der Waals surface area contributed by atoms with Crippen molar-refractivity contribution in [3.8, 4) is 0 Å². The molecule has 2 N–H and O–H groups in total. The van der Waals surface area contributed by atoms with E-state index in [-0.39, 0.29) is 18.1 Å². The fraction of sp³-hybridized carbons (Fsp3) is 0.500. The molecule has 4 nitrogen and oxygen atoms in total. The van der Waals surface area contributed by atoms with Crippen LogP contribution in [0.2, 0.25) is 0 Å². The Morgan fingerprint density at radius 3 is 2.83 bits per heavy atom. The summed E-state index contributed by atoms with van der Waals surface area (Å²) >= 11 is 0. The first kappa shape index (κ1) is 13.1. The van der Waals surface area contributed by atoms with Crippen molar-refractivity contribution in [1.82, 2.24) is 4.90 Å². The third-order valence-electron chi connectivity index (χ3n) is 3.25. The van der Waals surface area contributed by atoms with Gasteiger partial charge in [0.2, 0.25) is 0 Å². The summed E-state index contributed by atoms with van der Waals surface area (Å²) in [5.41, 5.74) is 7.41. The molecule has 1 saturated heterocycles. The summed E-state index contributed by atoms with van der Waals surface area (Å²) in [6, 6.07) is 7.66. The Labute approximate surface area is 108 Å². The van der Waals surface area contributed by atoms with Gasteiger partial charge in [-0.1, -0.05) is 18.2 Å². The van der Waals surface area contributed by atoms with Crippen LogP contribution in [0.1, 0.15) is 22.8 Å². The average molecular weight is 248 g/mol.